The van der Waals surface area contributed by atoms with E-state index in [1.807, 2.05) is 41.6 Å². The molecule has 102 valence electrons. The van der Waals surface area contributed by atoms with Crippen LogP contribution >= 0.6 is 22.6 Å². The third kappa shape index (κ3) is 3.06. The molecule has 20 heavy (non-hydrogen) atoms. The Morgan fingerprint density at radius 1 is 1.35 bits per heavy atom. The molecule has 2 aromatic rings. The van der Waals surface area contributed by atoms with Crippen molar-refractivity contribution < 1.29 is 4.42 Å². The largest absolute Gasteiger partial charge is 0.430 e. The predicted molar refractivity (Wildman–Crippen MR) is 86.5 cm³/mol. The van der Waals surface area contributed by atoms with E-state index >= 15 is 0 Å². The Kier molecular flexibility index (Phi) is 3.81. The van der Waals surface area contributed by atoms with E-state index in [2.05, 4.69) is 26.4 Å². The van der Waals surface area contributed by atoms with Crippen molar-refractivity contribution in [2.45, 2.75) is 19.8 Å². The normalized spacial score (nSPS) is 14.7. The van der Waals surface area contributed by atoms with E-state index < -0.39 is 0 Å². The summed E-state index contributed by atoms with van der Waals surface area (Å²) in [7, 11) is 0. The lowest BCUT2D eigenvalue weighted by molar-refractivity contribution is 0.512. The zero-order valence-electron chi connectivity index (χ0n) is 10.9. The number of aromatic nitrogens is 2. The highest BCUT2D eigenvalue weighted by molar-refractivity contribution is 14.1. The molecule has 0 bridgehead atoms. The molecule has 0 saturated heterocycles. The van der Waals surface area contributed by atoms with E-state index in [1.165, 1.54) is 5.56 Å². The van der Waals surface area contributed by atoms with Crippen molar-refractivity contribution in [1.82, 2.24) is 9.97 Å². The summed E-state index contributed by atoms with van der Waals surface area (Å²) in [5, 5.41) is 3.26. The van der Waals surface area contributed by atoms with Gasteiger partial charge in [0.05, 0.1) is 6.20 Å². The first-order valence-corrected chi connectivity index (χ1v) is 7.38. The Bertz CT molecular complexity index is 690. The smallest absolute Gasteiger partial charge is 0.257 e. The van der Waals surface area contributed by atoms with Gasteiger partial charge in [-0.3, -0.25) is 0 Å². The molecule has 0 atom stereocenters. The lowest BCUT2D eigenvalue weighted by atomic mass is 10.2. The minimum Gasteiger partial charge on any atom is -0.430 e. The van der Waals surface area contributed by atoms with Crippen molar-refractivity contribution in [2.24, 2.45) is 4.99 Å². The van der Waals surface area contributed by atoms with Gasteiger partial charge in [0.2, 0.25) is 0 Å². The number of anilines is 1. The third-order valence-corrected chi connectivity index (χ3v) is 3.39. The number of hydrogen-bond acceptors (Lipinski definition) is 5. The van der Waals surface area contributed by atoms with Gasteiger partial charge in [-0.25, -0.2) is 15.0 Å². The van der Waals surface area contributed by atoms with E-state index in [0.29, 0.717) is 9.66 Å². The molecule has 3 rings (SSSR count). The summed E-state index contributed by atoms with van der Waals surface area (Å²) in [6.07, 6.45) is 7.33. The minimum atomic E-state index is 0.620. The summed E-state index contributed by atoms with van der Waals surface area (Å²) in [6, 6.07) is 3.97. The van der Waals surface area contributed by atoms with Crippen LogP contribution in [-0.4, -0.2) is 15.8 Å². The van der Waals surface area contributed by atoms with E-state index in [1.54, 1.807) is 12.4 Å². The third-order valence-electron chi connectivity index (χ3n) is 2.89. The first-order chi connectivity index (χ1) is 9.70. The predicted octanol–water partition coefficient (Wildman–Crippen LogP) is 3.63. The van der Waals surface area contributed by atoms with Gasteiger partial charge >= 0.3 is 0 Å². The molecule has 3 heterocycles. The summed E-state index contributed by atoms with van der Waals surface area (Å²) in [5.74, 6) is 2.41. The van der Waals surface area contributed by atoms with E-state index in [-0.39, 0.29) is 0 Å². The molecule has 5 nitrogen and oxygen atoms in total. The van der Waals surface area contributed by atoms with Crippen LogP contribution < -0.4 is 5.32 Å². The lowest BCUT2D eigenvalue weighted by Crippen LogP contribution is -2.15. The Balaban J connectivity index is 1.80. The van der Waals surface area contributed by atoms with Crippen LogP contribution in [0.25, 0.3) is 5.70 Å². The molecule has 0 radical (unpaired) electrons. The molecule has 0 saturated carbocycles. The van der Waals surface area contributed by atoms with Crippen LogP contribution in [0.15, 0.2) is 40.0 Å². The van der Waals surface area contributed by atoms with Crippen molar-refractivity contribution in [1.29, 1.82) is 0 Å². The summed E-state index contributed by atoms with van der Waals surface area (Å²) in [6.45, 7) is 2.04. The fourth-order valence-corrected chi connectivity index (χ4v) is 2.34. The summed E-state index contributed by atoms with van der Waals surface area (Å²) in [4.78, 5) is 13.0. The molecule has 6 heteroatoms. The maximum absolute atomic E-state index is 5.50. The highest BCUT2D eigenvalue weighted by Crippen LogP contribution is 2.23. The van der Waals surface area contributed by atoms with Crippen molar-refractivity contribution in [2.75, 3.05) is 5.32 Å². The first kappa shape index (κ1) is 13.3. The van der Waals surface area contributed by atoms with Gasteiger partial charge in [-0.1, -0.05) is 6.08 Å². The molecule has 0 spiro atoms. The number of rotatable bonds is 2. The molecular formula is C14H13IN4O. The molecule has 2 aromatic heterocycles. The Morgan fingerprint density at radius 2 is 2.25 bits per heavy atom. The van der Waals surface area contributed by atoms with Crippen molar-refractivity contribution in [3.63, 3.8) is 0 Å². The fraction of sp³-hybridized carbons (Fsp3) is 0.214. The van der Waals surface area contributed by atoms with Crippen molar-refractivity contribution in [3.05, 3.63) is 45.8 Å². The van der Waals surface area contributed by atoms with Crippen LogP contribution in [0.5, 0.6) is 0 Å². The number of halogens is 1. The molecule has 0 amide bonds. The molecule has 1 aliphatic heterocycles. The summed E-state index contributed by atoms with van der Waals surface area (Å²) in [5.41, 5.74) is 1.99. The average Bonchev–Trinajstić information content (AvgIpc) is 2.86. The standard InChI is InChI=1S/C14H13IN4O/c1-9-5-6-16-13(7-9)19-12-4-2-3-10(18-12)11-8-17-14(15)20-11/h3,5-8H,2,4H2,1H3,(H,16,18,19). The van der Waals surface area contributed by atoms with Crippen LogP contribution in [0, 0.1) is 10.8 Å². The van der Waals surface area contributed by atoms with Gasteiger partial charge in [-0.2, -0.15) is 0 Å². The minimum absolute atomic E-state index is 0.620. The van der Waals surface area contributed by atoms with Crippen LogP contribution in [0.2, 0.25) is 0 Å². The second kappa shape index (κ2) is 5.74. The quantitative estimate of drug-likeness (QED) is 0.809. The van der Waals surface area contributed by atoms with Gasteiger partial charge in [0.15, 0.2) is 5.76 Å². The number of pyridine rings is 1. The maximum atomic E-state index is 5.50. The van der Waals surface area contributed by atoms with Crippen LogP contribution in [0.1, 0.15) is 24.2 Å². The Labute approximate surface area is 130 Å². The number of aryl methyl sites for hydroxylation is 1. The summed E-state index contributed by atoms with van der Waals surface area (Å²) >= 11 is 2.05. The molecule has 0 aromatic carbocycles. The van der Waals surface area contributed by atoms with E-state index in [4.69, 9.17) is 4.42 Å². The zero-order chi connectivity index (χ0) is 13.9. The van der Waals surface area contributed by atoms with Crippen LogP contribution in [0.3, 0.4) is 0 Å². The molecule has 1 aliphatic rings. The molecular weight excluding hydrogens is 367 g/mol. The second-order valence-electron chi connectivity index (χ2n) is 4.51. The van der Waals surface area contributed by atoms with E-state index in [9.17, 15) is 0 Å². The SMILES string of the molecule is Cc1ccnc(NC2=NC(c3cnc(I)o3)=CCC2)c1. The highest BCUT2D eigenvalue weighted by atomic mass is 127. The average molecular weight is 380 g/mol. The van der Waals surface area contributed by atoms with Crippen molar-refractivity contribution in [3.8, 4) is 0 Å². The number of aliphatic imine (C=N–C) groups is 1. The van der Waals surface area contributed by atoms with Gasteiger partial charge in [0.1, 0.15) is 17.4 Å². The highest BCUT2D eigenvalue weighted by Gasteiger charge is 2.13. The number of nitrogens with zero attached hydrogens (tertiary/aromatic N) is 3. The van der Waals surface area contributed by atoms with Gasteiger partial charge in [0.25, 0.3) is 3.90 Å². The van der Waals surface area contributed by atoms with Crippen LogP contribution in [0.4, 0.5) is 5.82 Å². The number of amidine groups is 1. The molecule has 0 aliphatic carbocycles. The van der Waals surface area contributed by atoms with Crippen molar-refractivity contribution >= 4 is 39.9 Å². The van der Waals surface area contributed by atoms with Gasteiger partial charge in [0, 0.05) is 35.2 Å². The van der Waals surface area contributed by atoms with Crippen LogP contribution in [-0.2, 0) is 0 Å². The molecule has 1 N–H and O–H groups in total. The number of hydrogen-bond donors (Lipinski definition) is 1. The second-order valence-corrected chi connectivity index (χ2v) is 5.43. The van der Waals surface area contributed by atoms with Gasteiger partial charge in [-0.05, 0) is 31.0 Å². The molecule has 0 unspecified atom stereocenters. The number of oxazole rings is 1. The fourth-order valence-electron chi connectivity index (χ4n) is 1.96. The number of allylic oxidation sites excluding steroid dienone is 1. The molecule has 0 fully saturated rings. The van der Waals surface area contributed by atoms with E-state index in [0.717, 1.165) is 30.2 Å². The topological polar surface area (TPSA) is 63.3 Å². The first-order valence-electron chi connectivity index (χ1n) is 6.30. The monoisotopic (exact) mass is 380 g/mol. The number of nitrogens with one attached hydrogen (secondary N) is 1. The van der Waals surface area contributed by atoms with Gasteiger partial charge < -0.3 is 9.73 Å². The zero-order valence-corrected chi connectivity index (χ0v) is 13.1. The lowest BCUT2D eigenvalue weighted by Gasteiger charge is -2.13. The Hall–Kier alpha value is -1.70. The summed E-state index contributed by atoms with van der Waals surface area (Å²) < 4.78 is 6.12. The Morgan fingerprint density at radius 3 is 3.00 bits per heavy atom. The van der Waals surface area contributed by atoms with Gasteiger partial charge in [-0.15, -0.1) is 0 Å². The maximum Gasteiger partial charge on any atom is 0.257 e.